The van der Waals surface area contributed by atoms with Gasteiger partial charge in [-0.1, -0.05) is 29.4 Å². The van der Waals surface area contributed by atoms with Crippen molar-refractivity contribution >= 4 is 9.84 Å². The highest BCUT2D eigenvalue weighted by atomic mass is 32.2. The van der Waals surface area contributed by atoms with E-state index in [-0.39, 0.29) is 5.75 Å². The lowest BCUT2D eigenvalue weighted by atomic mass is 9.89. The van der Waals surface area contributed by atoms with Gasteiger partial charge in [0.05, 0.1) is 25.4 Å². The minimum absolute atomic E-state index is 0.0609. The quantitative estimate of drug-likeness (QED) is 0.462. The van der Waals surface area contributed by atoms with Crippen LogP contribution in [0.2, 0.25) is 0 Å². The molecule has 182 valence electrons. The van der Waals surface area contributed by atoms with Crippen LogP contribution in [0.3, 0.4) is 0 Å². The maximum absolute atomic E-state index is 11.7. The van der Waals surface area contributed by atoms with Gasteiger partial charge in [0.1, 0.15) is 9.84 Å². The lowest BCUT2D eigenvalue weighted by Gasteiger charge is -2.25. The second-order valence-corrected chi connectivity index (χ2v) is 11.0. The third-order valence-corrected chi connectivity index (χ3v) is 7.07. The predicted octanol–water partition coefficient (Wildman–Crippen LogP) is 3.66. The number of nitrogens with zero attached hydrogens (tertiary/aromatic N) is 2. The van der Waals surface area contributed by atoms with E-state index in [0.717, 1.165) is 28.7 Å². The molecular formula is C25H31N3O5S. The Morgan fingerprint density at radius 2 is 1.88 bits per heavy atom. The Morgan fingerprint density at radius 3 is 2.62 bits per heavy atom. The van der Waals surface area contributed by atoms with Gasteiger partial charge in [0, 0.05) is 17.4 Å². The summed E-state index contributed by atoms with van der Waals surface area (Å²) >= 11 is 0. The van der Waals surface area contributed by atoms with E-state index in [1.165, 1.54) is 6.26 Å². The molecule has 1 atom stereocenters. The molecule has 1 heterocycles. The summed E-state index contributed by atoms with van der Waals surface area (Å²) in [6.07, 6.45) is 3.52. The van der Waals surface area contributed by atoms with Gasteiger partial charge in [-0.3, -0.25) is 0 Å². The number of sulfone groups is 1. The number of hydrogen-bond acceptors (Lipinski definition) is 8. The van der Waals surface area contributed by atoms with Gasteiger partial charge in [-0.2, -0.15) is 4.98 Å². The number of benzene rings is 2. The molecule has 0 spiro atoms. The molecule has 0 aliphatic heterocycles. The predicted molar refractivity (Wildman–Crippen MR) is 130 cm³/mol. The Morgan fingerprint density at radius 1 is 1.12 bits per heavy atom. The molecule has 0 saturated carbocycles. The first-order valence-corrected chi connectivity index (χ1v) is 13.6. The molecule has 0 amide bonds. The van der Waals surface area contributed by atoms with Crippen LogP contribution >= 0.6 is 0 Å². The summed E-state index contributed by atoms with van der Waals surface area (Å²) in [4.78, 5) is 4.63. The van der Waals surface area contributed by atoms with E-state index in [1.54, 1.807) is 0 Å². The van der Waals surface area contributed by atoms with Crippen molar-refractivity contribution in [3.05, 3.63) is 59.0 Å². The average Bonchev–Trinajstić information content (AvgIpc) is 3.39. The zero-order valence-corrected chi connectivity index (χ0v) is 20.7. The number of hydrogen-bond donors (Lipinski definition) is 1. The Bertz CT molecular complexity index is 1270. The van der Waals surface area contributed by atoms with Crippen molar-refractivity contribution in [2.75, 3.05) is 25.2 Å². The fourth-order valence-electron chi connectivity index (χ4n) is 4.46. The minimum atomic E-state index is -3.09. The standard InChI is InChI=1S/C25H31N3O5S/c1-4-31-21-10-9-17(15-22(21)32-5-2)16-23-27-24(28-33-23)19-7-6-8-20-18(19)11-12-25(20,26)13-14-34(3,29)30/h6-10,15H,4-5,11-14,16,26H2,1-3H3. The fourth-order valence-corrected chi connectivity index (χ4v) is 5.19. The van der Waals surface area contributed by atoms with Crippen molar-refractivity contribution in [2.24, 2.45) is 5.73 Å². The molecular weight excluding hydrogens is 454 g/mol. The van der Waals surface area contributed by atoms with Gasteiger partial charge >= 0.3 is 0 Å². The lowest BCUT2D eigenvalue weighted by molar-refractivity contribution is 0.287. The van der Waals surface area contributed by atoms with Gasteiger partial charge in [-0.25, -0.2) is 8.42 Å². The molecule has 0 fully saturated rings. The molecule has 0 radical (unpaired) electrons. The monoisotopic (exact) mass is 485 g/mol. The Labute approximate surface area is 200 Å². The highest BCUT2D eigenvalue weighted by Crippen LogP contribution is 2.41. The molecule has 34 heavy (non-hydrogen) atoms. The maximum Gasteiger partial charge on any atom is 0.231 e. The molecule has 1 aliphatic carbocycles. The van der Waals surface area contributed by atoms with Crippen LogP contribution < -0.4 is 15.2 Å². The summed E-state index contributed by atoms with van der Waals surface area (Å²) in [5.41, 5.74) is 9.86. The first-order valence-electron chi connectivity index (χ1n) is 11.5. The zero-order valence-electron chi connectivity index (χ0n) is 19.8. The SMILES string of the molecule is CCOc1ccc(Cc2nc(-c3cccc4c3CCC4(N)CCS(C)(=O)=O)no2)cc1OCC. The van der Waals surface area contributed by atoms with Crippen LogP contribution in [0, 0.1) is 0 Å². The van der Waals surface area contributed by atoms with Crippen molar-refractivity contribution in [2.45, 2.75) is 45.1 Å². The van der Waals surface area contributed by atoms with Crippen LogP contribution in [-0.2, 0) is 28.2 Å². The first kappa shape index (κ1) is 24.2. The molecule has 9 heteroatoms. The Balaban J connectivity index is 1.56. The smallest absolute Gasteiger partial charge is 0.231 e. The molecule has 8 nitrogen and oxygen atoms in total. The van der Waals surface area contributed by atoms with Crippen LogP contribution in [-0.4, -0.2) is 43.8 Å². The highest BCUT2D eigenvalue weighted by molar-refractivity contribution is 7.90. The number of nitrogens with two attached hydrogens (primary N) is 1. The fraction of sp³-hybridized carbons (Fsp3) is 0.440. The third kappa shape index (κ3) is 5.26. The van der Waals surface area contributed by atoms with E-state index in [0.29, 0.717) is 55.7 Å². The maximum atomic E-state index is 11.7. The summed E-state index contributed by atoms with van der Waals surface area (Å²) < 4.78 is 40.3. The van der Waals surface area contributed by atoms with E-state index in [2.05, 4.69) is 10.1 Å². The number of aromatic nitrogens is 2. The van der Waals surface area contributed by atoms with Gasteiger partial charge in [0.15, 0.2) is 11.5 Å². The van der Waals surface area contributed by atoms with Crippen molar-refractivity contribution in [1.29, 1.82) is 0 Å². The van der Waals surface area contributed by atoms with Gasteiger partial charge in [-0.05, 0) is 61.9 Å². The normalized spacial score (nSPS) is 17.5. The molecule has 3 aromatic rings. The molecule has 1 unspecified atom stereocenters. The third-order valence-electron chi connectivity index (χ3n) is 6.12. The van der Waals surface area contributed by atoms with Crippen LogP contribution in [0.1, 0.15) is 49.3 Å². The number of ether oxygens (including phenoxy) is 2. The topological polar surface area (TPSA) is 118 Å². The number of fused-ring (bicyclic) bond motifs is 1. The van der Waals surface area contributed by atoms with Gasteiger partial charge in [-0.15, -0.1) is 0 Å². The molecule has 4 rings (SSSR count). The summed E-state index contributed by atoms with van der Waals surface area (Å²) in [6.45, 7) is 4.97. The van der Waals surface area contributed by atoms with Gasteiger partial charge in [0.25, 0.3) is 0 Å². The Hall–Kier alpha value is -2.91. The van der Waals surface area contributed by atoms with Crippen molar-refractivity contribution < 1.29 is 22.4 Å². The molecule has 1 aliphatic rings. The summed E-state index contributed by atoms with van der Waals surface area (Å²) in [7, 11) is -3.09. The first-order chi connectivity index (χ1) is 16.2. The van der Waals surface area contributed by atoms with Crippen molar-refractivity contribution in [3.63, 3.8) is 0 Å². The molecule has 1 aromatic heterocycles. The second-order valence-electron chi connectivity index (χ2n) is 8.70. The summed E-state index contributed by atoms with van der Waals surface area (Å²) in [6, 6.07) is 11.6. The summed E-state index contributed by atoms with van der Waals surface area (Å²) in [5.74, 6) is 2.46. The minimum Gasteiger partial charge on any atom is -0.490 e. The van der Waals surface area contributed by atoms with Crippen molar-refractivity contribution in [3.8, 4) is 22.9 Å². The molecule has 0 bridgehead atoms. The largest absolute Gasteiger partial charge is 0.490 e. The highest BCUT2D eigenvalue weighted by Gasteiger charge is 2.37. The van der Waals surface area contributed by atoms with E-state index >= 15 is 0 Å². The second kappa shape index (κ2) is 9.76. The molecule has 2 N–H and O–H groups in total. The van der Waals surface area contributed by atoms with E-state index < -0.39 is 15.4 Å². The van der Waals surface area contributed by atoms with Crippen molar-refractivity contribution in [1.82, 2.24) is 10.1 Å². The van der Waals surface area contributed by atoms with Crippen LogP contribution in [0.4, 0.5) is 0 Å². The van der Waals surface area contributed by atoms with Crippen LogP contribution in [0.25, 0.3) is 11.4 Å². The van der Waals surface area contributed by atoms with Gasteiger partial charge < -0.3 is 19.7 Å². The lowest BCUT2D eigenvalue weighted by Crippen LogP contribution is -2.36. The summed E-state index contributed by atoms with van der Waals surface area (Å²) in [5, 5.41) is 4.22. The van der Waals surface area contributed by atoms with Crippen LogP contribution in [0.15, 0.2) is 40.9 Å². The average molecular weight is 486 g/mol. The molecule has 0 saturated heterocycles. The number of rotatable bonds is 10. The van der Waals surface area contributed by atoms with Crippen LogP contribution in [0.5, 0.6) is 11.5 Å². The molecule has 2 aromatic carbocycles. The van der Waals surface area contributed by atoms with E-state index in [9.17, 15) is 8.42 Å². The van der Waals surface area contributed by atoms with E-state index in [4.69, 9.17) is 19.7 Å². The Kier molecular flexibility index (Phi) is 6.95. The zero-order chi connectivity index (χ0) is 24.3. The van der Waals surface area contributed by atoms with Gasteiger partial charge in [0.2, 0.25) is 11.7 Å². The van der Waals surface area contributed by atoms with E-state index in [1.807, 2.05) is 50.2 Å².